The minimum atomic E-state index is -1.16. The second-order valence-electron chi connectivity index (χ2n) is 4.99. The molecule has 2 N–H and O–H groups in total. The molecule has 116 valence electrons. The monoisotopic (exact) mass is 312 g/mol. The van der Waals surface area contributed by atoms with Crippen molar-refractivity contribution in [2.75, 3.05) is 7.05 Å². The number of halogens is 1. The van der Waals surface area contributed by atoms with Crippen molar-refractivity contribution in [3.05, 3.63) is 34.9 Å². The van der Waals surface area contributed by atoms with Crippen LogP contribution in [0.5, 0.6) is 0 Å². The number of rotatable bonds is 6. The first kappa shape index (κ1) is 17.3. The van der Waals surface area contributed by atoms with Gasteiger partial charge in [0, 0.05) is 23.7 Å². The molecule has 0 spiro atoms. The number of amides is 2. The molecule has 6 heteroatoms. The van der Waals surface area contributed by atoms with E-state index in [0.29, 0.717) is 10.6 Å². The average Bonchev–Trinajstić information content (AvgIpc) is 2.44. The van der Waals surface area contributed by atoms with Gasteiger partial charge in [0.2, 0.25) is 0 Å². The Morgan fingerprint density at radius 2 is 2.00 bits per heavy atom. The van der Waals surface area contributed by atoms with Gasteiger partial charge in [-0.3, -0.25) is 0 Å². The topological polar surface area (TPSA) is 69.6 Å². The lowest BCUT2D eigenvalue weighted by Gasteiger charge is -2.27. The number of carbonyl (C=O) groups excluding carboxylic acids is 1. The van der Waals surface area contributed by atoms with E-state index in [0.717, 1.165) is 12.8 Å². The van der Waals surface area contributed by atoms with Crippen LogP contribution in [0.15, 0.2) is 24.3 Å². The highest BCUT2D eigenvalue weighted by atomic mass is 35.5. The number of carboxylic acid groups (broad SMARTS) is 1. The summed E-state index contributed by atoms with van der Waals surface area (Å²) in [5, 5.41) is 12.2. The van der Waals surface area contributed by atoms with E-state index < -0.39 is 18.0 Å². The number of urea groups is 1. The quantitative estimate of drug-likeness (QED) is 0.846. The Hall–Kier alpha value is -1.75. The van der Waals surface area contributed by atoms with Crippen LogP contribution in [0.1, 0.15) is 38.3 Å². The van der Waals surface area contributed by atoms with Gasteiger partial charge in [0.05, 0.1) is 0 Å². The van der Waals surface area contributed by atoms with Crippen molar-refractivity contribution < 1.29 is 14.7 Å². The maximum Gasteiger partial charge on any atom is 0.331 e. The summed E-state index contributed by atoms with van der Waals surface area (Å²) >= 11 is 6.01. The van der Waals surface area contributed by atoms with E-state index in [9.17, 15) is 14.7 Å². The zero-order valence-electron chi connectivity index (χ0n) is 12.5. The molecule has 0 saturated heterocycles. The minimum Gasteiger partial charge on any atom is -0.479 e. The van der Waals surface area contributed by atoms with E-state index in [1.807, 2.05) is 13.8 Å². The molecule has 0 aliphatic heterocycles. The fourth-order valence-electron chi connectivity index (χ4n) is 2.02. The Labute approximate surface area is 129 Å². The molecule has 1 aromatic rings. The molecule has 0 saturated carbocycles. The molecular weight excluding hydrogens is 292 g/mol. The SMILES string of the molecule is CCCC(C)N(C)C(=O)N[C@@H](C(=O)O)c1ccccc1Cl. The molecule has 1 unspecified atom stereocenters. The van der Waals surface area contributed by atoms with E-state index >= 15 is 0 Å². The number of hydrogen-bond donors (Lipinski definition) is 2. The molecule has 0 bridgehead atoms. The fraction of sp³-hybridized carbons (Fsp3) is 0.467. The zero-order chi connectivity index (χ0) is 16.0. The molecular formula is C15H21ClN2O3. The maximum atomic E-state index is 12.2. The van der Waals surface area contributed by atoms with E-state index in [-0.39, 0.29) is 6.04 Å². The van der Waals surface area contributed by atoms with Crippen molar-refractivity contribution >= 4 is 23.6 Å². The predicted molar refractivity (Wildman–Crippen MR) is 82.5 cm³/mol. The smallest absolute Gasteiger partial charge is 0.331 e. The van der Waals surface area contributed by atoms with Crippen molar-refractivity contribution in [1.29, 1.82) is 0 Å². The molecule has 1 aromatic carbocycles. The molecule has 5 nitrogen and oxygen atoms in total. The Kier molecular flexibility index (Phi) is 6.49. The summed E-state index contributed by atoms with van der Waals surface area (Å²) < 4.78 is 0. The molecule has 0 aromatic heterocycles. The Morgan fingerprint density at radius 3 is 2.52 bits per heavy atom. The van der Waals surface area contributed by atoms with Crippen molar-refractivity contribution in [3.63, 3.8) is 0 Å². The minimum absolute atomic E-state index is 0.0377. The second-order valence-corrected chi connectivity index (χ2v) is 5.40. The number of benzene rings is 1. The third-order valence-corrected chi connectivity index (χ3v) is 3.76. The lowest BCUT2D eigenvalue weighted by molar-refractivity contribution is -0.139. The summed E-state index contributed by atoms with van der Waals surface area (Å²) in [4.78, 5) is 25.1. The second kappa shape index (κ2) is 7.88. The first-order valence-corrected chi connectivity index (χ1v) is 7.26. The van der Waals surface area contributed by atoms with Crippen LogP contribution in [0, 0.1) is 0 Å². The number of aliphatic carboxylic acids is 1. The predicted octanol–water partition coefficient (Wildman–Crippen LogP) is 3.30. The third kappa shape index (κ3) is 4.63. The van der Waals surface area contributed by atoms with Crippen molar-refractivity contribution in [3.8, 4) is 0 Å². The van der Waals surface area contributed by atoms with Crippen molar-refractivity contribution in [2.24, 2.45) is 0 Å². The van der Waals surface area contributed by atoms with Gasteiger partial charge in [-0.25, -0.2) is 9.59 Å². The fourth-order valence-corrected chi connectivity index (χ4v) is 2.26. The highest BCUT2D eigenvalue weighted by Gasteiger charge is 2.26. The summed E-state index contributed by atoms with van der Waals surface area (Å²) in [6.07, 6.45) is 1.80. The lowest BCUT2D eigenvalue weighted by Crippen LogP contribution is -2.45. The van der Waals surface area contributed by atoms with Crippen LogP contribution in [0.25, 0.3) is 0 Å². The van der Waals surface area contributed by atoms with Crippen LogP contribution in [0.4, 0.5) is 4.79 Å². The van der Waals surface area contributed by atoms with Gasteiger partial charge in [0.1, 0.15) is 0 Å². The maximum absolute atomic E-state index is 12.2. The van der Waals surface area contributed by atoms with Crippen molar-refractivity contribution in [2.45, 2.75) is 38.8 Å². The van der Waals surface area contributed by atoms with Crippen LogP contribution < -0.4 is 5.32 Å². The van der Waals surface area contributed by atoms with Crippen molar-refractivity contribution in [1.82, 2.24) is 10.2 Å². The molecule has 0 radical (unpaired) electrons. The van der Waals surface area contributed by atoms with Gasteiger partial charge >= 0.3 is 12.0 Å². The Bertz CT molecular complexity index is 507. The molecule has 2 atom stereocenters. The standard InChI is InChI=1S/C15H21ClN2O3/c1-4-7-10(2)18(3)15(21)17-13(14(19)20)11-8-5-6-9-12(11)16/h5-6,8-10,13H,4,7H2,1-3H3,(H,17,21)(H,19,20)/t10?,13-/m1/s1. The molecule has 0 fully saturated rings. The van der Waals surface area contributed by atoms with Gasteiger partial charge < -0.3 is 15.3 Å². The van der Waals surface area contributed by atoms with E-state index in [1.54, 1.807) is 31.3 Å². The van der Waals surface area contributed by atoms with E-state index in [4.69, 9.17) is 11.6 Å². The van der Waals surface area contributed by atoms with Crippen LogP contribution >= 0.6 is 11.6 Å². The van der Waals surface area contributed by atoms with Crippen LogP contribution in [-0.4, -0.2) is 35.1 Å². The zero-order valence-corrected chi connectivity index (χ0v) is 13.2. The first-order valence-electron chi connectivity index (χ1n) is 6.89. The van der Waals surface area contributed by atoms with Crippen LogP contribution in [0.2, 0.25) is 5.02 Å². The summed E-state index contributed by atoms with van der Waals surface area (Å²) in [6.45, 7) is 3.96. The Balaban J connectivity index is 2.87. The van der Waals surface area contributed by atoms with Gasteiger partial charge in [0.25, 0.3) is 0 Å². The van der Waals surface area contributed by atoms with Crippen LogP contribution in [0.3, 0.4) is 0 Å². The molecule has 21 heavy (non-hydrogen) atoms. The molecule has 0 aliphatic rings. The largest absolute Gasteiger partial charge is 0.479 e. The van der Waals surface area contributed by atoms with Gasteiger partial charge in [-0.15, -0.1) is 0 Å². The van der Waals surface area contributed by atoms with E-state index in [2.05, 4.69) is 5.32 Å². The van der Waals surface area contributed by atoms with Gasteiger partial charge in [-0.1, -0.05) is 43.1 Å². The number of carbonyl (C=O) groups is 2. The number of nitrogens with one attached hydrogen (secondary N) is 1. The van der Waals surface area contributed by atoms with Gasteiger partial charge in [0.15, 0.2) is 6.04 Å². The summed E-state index contributed by atoms with van der Waals surface area (Å²) in [7, 11) is 1.65. The van der Waals surface area contributed by atoms with Gasteiger partial charge in [-0.2, -0.15) is 0 Å². The lowest BCUT2D eigenvalue weighted by atomic mass is 10.1. The molecule has 0 heterocycles. The summed E-state index contributed by atoms with van der Waals surface area (Å²) in [5.41, 5.74) is 0.372. The number of hydrogen-bond acceptors (Lipinski definition) is 2. The number of nitrogens with zero attached hydrogens (tertiary/aromatic N) is 1. The Morgan fingerprint density at radius 1 is 1.38 bits per heavy atom. The molecule has 0 aliphatic carbocycles. The van der Waals surface area contributed by atoms with Crippen LogP contribution in [-0.2, 0) is 4.79 Å². The number of carboxylic acids is 1. The molecule has 2 amide bonds. The molecule has 1 rings (SSSR count). The third-order valence-electron chi connectivity index (χ3n) is 3.42. The summed E-state index contributed by atoms with van der Waals surface area (Å²) in [5.74, 6) is -1.15. The normalized spacial score (nSPS) is 13.3. The summed E-state index contributed by atoms with van der Waals surface area (Å²) in [6, 6.07) is 5.04. The van der Waals surface area contributed by atoms with E-state index in [1.165, 1.54) is 4.90 Å². The van der Waals surface area contributed by atoms with Gasteiger partial charge in [-0.05, 0) is 19.4 Å². The first-order chi connectivity index (χ1) is 9.88. The average molecular weight is 313 g/mol. The highest BCUT2D eigenvalue weighted by Crippen LogP contribution is 2.23. The highest BCUT2D eigenvalue weighted by molar-refractivity contribution is 6.31.